The number of carbonyl (C=O) groups is 1. The van der Waals surface area contributed by atoms with Crippen LogP contribution in [0, 0.1) is 11.7 Å². The zero-order valence-corrected chi connectivity index (χ0v) is 25.6. The van der Waals surface area contributed by atoms with Crippen LogP contribution in [0.15, 0.2) is 103 Å². The summed E-state index contributed by atoms with van der Waals surface area (Å²) in [7, 11) is 1.91. The molecule has 4 atom stereocenters. The fourth-order valence-electron chi connectivity index (χ4n) is 6.99. The summed E-state index contributed by atoms with van der Waals surface area (Å²) >= 11 is 6.13. The van der Waals surface area contributed by atoms with Crippen molar-refractivity contribution in [3.8, 4) is 0 Å². The number of amides is 1. The predicted octanol–water partition coefficient (Wildman–Crippen LogP) is 5.77. The van der Waals surface area contributed by atoms with Gasteiger partial charge in [-0.1, -0.05) is 48.0 Å². The normalized spacial score (nSPS) is 27.7. The Balaban J connectivity index is 1.36. The summed E-state index contributed by atoms with van der Waals surface area (Å²) in [5, 5.41) is 22.5. The molecule has 1 saturated heterocycles. The Hall–Kier alpha value is -4.31. The molecule has 4 N–H and O–H groups in total. The number of aliphatic hydroxyl groups is 1. The van der Waals surface area contributed by atoms with Gasteiger partial charge in [-0.25, -0.2) is 9.37 Å². The largest absolute Gasteiger partial charge is 0.383 e. The first-order chi connectivity index (χ1) is 21.8. The summed E-state index contributed by atoms with van der Waals surface area (Å²) < 4.78 is 15.4. The molecule has 2 fully saturated rings. The van der Waals surface area contributed by atoms with Crippen molar-refractivity contribution in [2.45, 2.75) is 42.9 Å². The second-order valence-electron chi connectivity index (χ2n) is 12.1. The average molecular weight is 625 g/mol. The summed E-state index contributed by atoms with van der Waals surface area (Å²) in [5.41, 5.74) is 1.85. The van der Waals surface area contributed by atoms with Gasteiger partial charge in [0.2, 0.25) is 5.91 Å². The third-order valence-corrected chi connectivity index (χ3v) is 9.73. The molecule has 3 aliphatic rings. The number of fused-ring (bicyclic) bond motifs is 4. The Morgan fingerprint density at radius 1 is 1.04 bits per heavy atom. The first-order valence-electron chi connectivity index (χ1n) is 15.2. The van der Waals surface area contributed by atoms with Crippen molar-refractivity contribution >= 4 is 29.0 Å². The number of halogens is 2. The van der Waals surface area contributed by atoms with E-state index in [0.29, 0.717) is 17.3 Å². The zero-order chi connectivity index (χ0) is 31.2. The molecule has 1 amide bonds. The minimum atomic E-state index is -1.31. The van der Waals surface area contributed by atoms with Crippen LogP contribution in [0.4, 0.5) is 15.9 Å². The first kappa shape index (κ1) is 29.4. The Morgan fingerprint density at radius 2 is 1.84 bits per heavy atom. The molecule has 2 aliphatic heterocycles. The van der Waals surface area contributed by atoms with E-state index in [1.807, 2.05) is 54.4 Å². The molecule has 4 aromatic rings. The lowest BCUT2D eigenvalue weighted by atomic mass is 9.78. The van der Waals surface area contributed by atoms with Crippen LogP contribution in [0.2, 0.25) is 5.02 Å². The summed E-state index contributed by atoms with van der Waals surface area (Å²) in [6.07, 6.45) is 7.58. The van der Waals surface area contributed by atoms with E-state index >= 15 is 4.39 Å². The van der Waals surface area contributed by atoms with Gasteiger partial charge in [0.05, 0.1) is 22.8 Å². The van der Waals surface area contributed by atoms with E-state index < -0.39 is 28.9 Å². The van der Waals surface area contributed by atoms with Gasteiger partial charge < -0.3 is 26.0 Å². The molecule has 7 rings (SSSR count). The SMILES string of the molecule is CNC1(c2ccncc2)CCC2C/C2=C(\Nc2ccc(Cl)cn2)N2C[C@@](O)(c3ccccc3)C[C@@H]2C(=O)Nc2cc1ccc2F. The van der Waals surface area contributed by atoms with E-state index in [9.17, 15) is 9.90 Å². The van der Waals surface area contributed by atoms with Gasteiger partial charge in [0.1, 0.15) is 29.1 Å². The minimum Gasteiger partial charge on any atom is -0.383 e. The molecule has 10 heteroatoms. The smallest absolute Gasteiger partial charge is 0.247 e. The van der Waals surface area contributed by atoms with E-state index in [2.05, 4.69) is 25.9 Å². The van der Waals surface area contributed by atoms with Crippen molar-refractivity contribution in [1.29, 1.82) is 0 Å². The van der Waals surface area contributed by atoms with E-state index in [-0.39, 0.29) is 24.6 Å². The maximum atomic E-state index is 15.4. The van der Waals surface area contributed by atoms with E-state index in [0.717, 1.165) is 40.9 Å². The molecule has 2 aromatic carbocycles. The van der Waals surface area contributed by atoms with Gasteiger partial charge in [-0.15, -0.1) is 0 Å². The van der Waals surface area contributed by atoms with Crippen molar-refractivity contribution < 1.29 is 14.3 Å². The number of carbonyl (C=O) groups excluding carboxylic acids is 1. The van der Waals surface area contributed by atoms with E-state index in [4.69, 9.17) is 11.6 Å². The molecule has 1 saturated carbocycles. The molecule has 4 heterocycles. The van der Waals surface area contributed by atoms with Crippen LogP contribution in [0.25, 0.3) is 0 Å². The highest BCUT2D eigenvalue weighted by molar-refractivity contribution is 6.30. The quantitative estimate of drug-likeness (QED) is 0.224. The number of rotatable bonds is 5. The Bertz CT molecular complexity index is 1760. The lowest BCUT2D eigenvalue weighted by Gasteiger charge is -2.35. The van der Waals surface area contributed by atoms with Gasteiger partial charge in [0.25, 0.3) is 0 Å². The van der Waals surface area contributed by atoms with Gasteiger partial charge in [-0.2, -0.15) is 0 Å². The maximum Gasteiger partial charge on any atom is 0.247 e. The van der Waals surface area contributed by atoms with Crippen molar-refractivity contribution in [3.63, 3.8) is 0 Å². The average Bonchev–Trinajstić information content (AvgIpc) is 3.74. The standard InChI is InChI=1S/C35H34ClFN6O2/c1-38-35(24-12-15-39-16-13-24)14-11-22-17-27(22)32(42-31-10-8-26(36)20-40-31)43-21-34(45,23-5-3-2-4-6-23)19-30(43)33(44)41-29-18-25(35)7-9-28(29)37/h2-10,12-13,15-16,18,20,22,30,38,45H,11,14,17,19,21H2,1H3,(H,40,42)(H,41,44)/b32-27-/t22?,30-,34-,35?/m1/s1. The summed E-state index contributed by atoms with van der Waals surface area (Å²) in [5.74, 6) is 0.605. The number of pyridine rings is 2. The number of anilines is 2. The molecule has 45 heavy (non-hydrogen) atoms. The molecular weight excluding hydrogens is 591 g/mol. The topological polar surface area (TPSA) is 102 Å². The van der Waals surface area contributed by atoms with E-state index in [1.54, 1.807) is 42.9 Å². The number of hydrogen-bond donors (Lipinski definition) is 4. The van der Waals surface area contributed by atoms with Crippen molar-refractivity contribution in [3.05, 3.63) is 130 Å². The number of benzene rings is 2. The fraction of sp³-hybridized carbons (Fsp3) is 0.286. The highest BCUT2D eigenvalue weighted by atomic mass is 35.5. The summed E-state index contributed by atoms with van der Waals surface area (Å²) in [6.45, 7) is 0.168. The van der Waals surface area contributed by atoms with Gasteiger partial charge in [0, 0.05) is 25.0 Å². The molecule has 230 valence electrons. The van der Waals surface area contributed by atoms with Gasteiger partial charge in [-0.05, 0) is 90.9 Å². The van der Waals surface area contributed by atoms with Crippen molar-refractivity contribution in [2.75, 3.05) is 24.2 Å². The van der Waals surface area contributed by atoms with Crippen LogP contribution < -0.4 is 16.0 Å². The molecule has 2 aromatic heterocycles. The number of nitrogens with zero attached hydrogens (tertiary/aromatic N) is 3. The number of allylic oxidation sites excluding steroid dienone is 1. The maximum absolute atomic E-state index is 15.4. The Labute approximate surface area is 266 Å². The van der Waals surface area contributed by atoms with Crippen LogP contribution in [-0.4, -0.2) is 45.5 Å². The van der Waals surface area contributed by atoms with Crippen LogP contribution in [0.5, 0.6) is 0 Å². The lowest BCUT2D eigenvalue weighted by Crippen LogP contribution is -2.42. The molecule has 2 unspecified atom stereocenters. The van der Waals surface area contributed by atoms with E-state index in [1.165, 1.54) is 6.07 Å². The van der Waals surface area contributed by atoms with Crippen LogP contribution in [-0.2, 0) is 15.9 Å². The third kappa shape index (κ3) is 5.45. The van der Waals surface area contributed by atoms with Crippen molar-refractivity contribution in [1.82, 2.24) is 20.2 Å². The predicted molar refractivity (Wildman–Crippen MR) is 172 cm³/mol. The van der Waals surface area contributed by atoms with Crippen molar-refractivity contribution in [2.24, 2.45) is 5.92 Å². The second kappa shape index (κ2) is 11.6. The molecule has 8 nitrogen and oxygen atoms in total. The molecular formula is C35H34ClFN6O2. The van der Waals surface area contributed by atoms with Crippen LogP contribution in [0.1, 0.15) is 42.4 Å². The van der Waals surface area contributed by atoms with Gasteiger partial charge in [0.15, 0.2) is 0 Å². The molecule has 1 aliphatic carbocycles. The monoisotopic (exact) mass is 624 g/mol. The summed E-state index contributed by atoms with van der Waals surface area (Å²) in [4.78, 5) is 24.8. The fourth-order valence-corrected chi connectivity index (χ4v) is 7.10. The zero-order valence-electron chi connectivity index (χ0n) is 24.8. The third-order valence-electron chi connectivity index (χ3n) is 9.50. The second-order valence-corrected chi connectivity index (χ2v) is 12.6. The number of nitrogens with one attached hydrogen (secondary N) is 3. The van der Waals surface area contributed by atoms with Crippen LogP contribution >= 0.6 is 11.6 Å². The highest BCUT2D eigenvalue weighted by Gasteiger charge is 2.50. The Morgan fingerprint density at radius 3 is 2.58 bits per heavy atom. The molecule has 2 bridgehead atoms. The van der Waals surface area contributed by atoms with Gasteiger partial charge >= 0.3 is 0 Å². The molecule has 0 spiro atoms. The summed E-state index contributed by atoms with van der Waals surface area (Å²) in [6, 6.07) is 21.0. The lowest BCUT2D eigenvalue weighted by molar-refractivity contribution is -0.120. The highest BCUT2D eigenvalue weighted by Crippen LogP contribution is 2.50. The molecule has 0 radical (unpaired) electrons. The van der Waals surface area contributed by atoms with Crippen LogP contribution in [0.3, 0.4) is 0 Å². The first-order valence-corrected chi connectivity index (χ1v) is 15.5. The van der Waals surface area contributed by atoms with Gasteiger partial charge in [-0.3, -0.25) is 9.78 Å². The Kier molecular flexibility index (Phi) is 7.55. The number of aromatic nitrogens is 2. The number of hydrogen-bond acceptors (Lipinski definition) is 7. The minimum absolute atomic E-state index is 0.0900.